The van der Waals surface area contributed by atoms with Gasteiger partial charge < -0.3 is 19.7 Å². The average molecular weight is 488 g/mol. The number of likely N-dealkylation sites (tertiary alicyclic amines) is 2. The standard InChI is InChI=1S/C20H36N6.HI/c1-4-9-24-10-7-18(14-24)13-23-20(22-5-2)25-11-6-17(3)19(15-25)26-12-8-21-16-26;/h8,12,16-19H,4-7,9-11,13-15H2,1-3H3,(H,22,23);1H. The van der Waals surface area contributed by atoms with Gasteiger partial charge in [0.1, 0.15) is 0 Å². The van der Waals surface area contributed by atoms with E-state index in [4.69, 9.17) is 4.99 Å². The maximum Gasteiger partial charge on any atom is 0.193 e. The van der Waals surface area contributed by atoms with Crippen LogP contribution >= 0.6 is 24.0 Å². The van der Waals surface area contributed by atoms with E-state index in [0.29, 0.717) is 17.9 Å². The summed E-state index contributed by atoms with van der Waals surface area (Å²) in [6.45, 7) is 14.4. The Balaban J connectivity index is 0.00000261. The summed E-state index contributed by atoms with van der Waals surface area (Å²) in [5.41, 5.74) is 0. The molecule has 7 heteroatoms. The normalized spacial score (nSPS) is 26.9. The third kappa shape index (κ3) is 6.07. The van der Waals surface area contributed by atoms with Gasteiger partial charge in [-0.3, -0.25) is 4.99 Å². The van der Waals surface area contributed by atoms with E-state index in [2.05, 4.69) is 51.6 Å². The highest BCUT2D eigenvalue weighted by Crippen LogP contribution is 2.27. The number of hydrogen-bond donors (Lipinski definition) is 1. The molecule has 0 radical (unpaired) electrons. The zero-order chi connectivity index (χ0) is 18.4. The molecule has 2 aliphatic rings. The van der Waals surface area contributed by atoms with Crippen LogP contribution in [0.2, 0.25) is 0 Å². The molecule has 3 heterocycles. The Morgan fingerprint density at radius 1 is 1.22 bits per heavy atom. The lowest BCUT2D eigenvalue weighted by molar-refractivity contribution is 0.189. The van der Waals surface area contributed by atoms with E-state index in [1.54, 1.807) is 0 Å². The van der Waals surface area contributed by atoms with Crippen LogP contribution in [0.5, 0.6) is 0 Å². The third-order valence-electron chi connectivity index (χ3n) is 5.87. The van der Waals surface area contributed by atoms with Gasteiger partial charge in [-0.1, -0.05) is 13.8 Å². The Morgan fingerprint density at radius 3 is 2.78 bits per heavy atom. The predicted molar refractivity (Wildman–Crippen MR) is 123 cm³/mol. The summed E-state index contributed by atoms with van der Waals surface area (Å²) < 4.78 is 2.26. The lowest BCUT2D eigenvalue weighted by atomic mass is 9.93. The molecule has 2 aliphatic heterocycles. The minimum absolute atomic E-state index is 0. The molecule has 2 saturated heterocycles. The summed E-state index contributed by atoms with van der Waals surface area (Å²) >= 11 is 0. The Kier molecular flexibility index (Phi) is 9.35. The van der Waals surface area contributed by atoms with E-state index in [-0.39, 0.29) is 24.0 Å². The lowest BCUT2D eigenvalue weighted by Gasteiger charge is -2.39. The molecule has 3 atom stereocenters. The molecule has 3 unspecified atom stereocenters. The fraction of sp³-hybridized carbons (Fsp3) is 0.800. The maximum absolute atomic E-state index is 5.03. The van der Waals surface area contributed by atoms with Crippen LogP contribution in [-0.4, -0.2) is 71.1 Å². The highest BCUT2D eigenvalue weighted by molar-refractivity contribution is 14.0. The van der Waals surface area contributed by atoms with Crippen LogP contribution in [0.4, 0.5) is 0 Å². The van der Waals surface area contributed by atoms with Gasteiger partial charge in [-0.25, -0.2) is 4.98 Å². The summed E-state index contributed by atoms with van der Waals surface area (Å²) in [6.07, 6.45) is 9.66. The third-order valence-corrected chi connectivity index (χ3v) is 5.87. The number of aromatic nitrogens is 2. The predicted octanol–water partition coefficient (Wildman–Crippen LogP) is 3.08. The van der Waals surface area contributed by atoms with Gasteiger partial charge in [0.05, 0.1) is 12.4 Å². The number of imidazole rings is 1. The average Bonchev–Trinajstić information content (AvgIpc) is 3.31. The van der Waals surface area contributed by atoms with Gasteiger partial charge in [-0.2, -0.15) is 0 Å². The van der Waals surface area contributed by atoms with Crippen molar-refractivity contribution in [3.8, 4) is 0 Å². The minimum Gasteiger partial charge on any atom is -0.357 e. The van der Waals surface area contributed by atoms with Crippen molar-refractivity contribution in [1.29, 1.82) is 0 Å². The Hall–Kier alpha value is -0.830. The van der Waals surface area contributed by atoms with Crippen LogP contribution in [0.15, 0.2) is 23.7 Å². The van der Waals surface area contributed by atoms with Crippen molar-refractivity contribution in [3.05, 3.63) is 18.7 Å². The zero-order valence-corrected chi connectivity index (χ0v) is 19.5. The second-order valence-electron chi connectivity index (χ2n) is 7.94. The van der Waals surface area contributed by atoms with Gasteiger partial charge in [-0.15, -0.1) is 24.0 Å². The highest BCUT2D eigenvalue weighted by Gasteiger charge is 2.29. The molecule has 1 N–H and O–H groups in total. The number of guanidine groups is 1. The SMILES string of the molecule is CCCN1CCC(CN=C(NCC)N2CCC(C)C(n3ccnc3)C2)C1.I. The molecule has 2 fully saturated rings. The first-order valence-corrected chi connectivity index (χ1v) is 10.4. The number of hydrogen-bond acceptors (Lipinski definition) is 3. The van der Waals surface area contributed by atoms with Crippen molar-refractivity contribution in [2.45, 2.75) is 46.1 Å². The molecular weight excluding hydrogens is 451 g/mol. The Bertz CT molecular complexity index is 561. The number of aliphatic imine (C=N–C) groups is 1. The largest absolute Gasteiger partial charge is 0.357 e. The van der Waals surface area contributed by atoms with Gasteiger partial charge in [-0.05, 0) is 51.1 Å². The monoisotopic (exact) mass is 488 g/mol. The van der Waals surface area contributed by atoms with Crippen LogP contribution in [-0.2, 0) is 0 Å². The second-order valence-corrected chi connectivity index (χ2v) is 7.94. The molecule has 154 valence electrons. The molecule has 6 nitrogen and oxygen atoms in total. The van der Waals surface area contributed by atoms with Crippen LogP contribution in [0, 0.1) is 11.8 Å². The highest BCUT2D eigenvalue weighted by atomic mass is 127. The molecule has 3 rings (SSSR count). The van der Waals surface area contributed by atoms with E-state index in [9.17, 15) is 0 Å². The maximum atomic E-state index is 5.03. The van der Waals surface area contributed by atoms with Crippen molar-refractivity contribution >= 4 is 29.9 Å². The van der Waals surface area contributed by atoms with Crippen molar-refractivity contribution in [3.63, 3.8) is 0 Å². The fourth-order valence-electron chi connectivity index (χ4n) is 4.32. The first-order chi connectivity index (χ1) is 12.7. The van der Waals surface area contributed by atoms with Crippen molar-refractivity contribution in [1.82, 2.24) is 24.7 Å². The molecule has 0 saturated carbocycles. The number of piperidine rings is 1. The fourth-order valence-corrected chi connectivity index (χ4v) is 4.32. The van der Waals surface area contributed by atoms with E-state index < -0.39 is 0 Å². The van der Waals surface area contributed by atoms with Gasteiger partial charge >= 0.3 is 0 Å². The Labute approximate surface area is 181 Å². The van der Waals surface area contributed by atoms with Gasteiger partial charge in [0.25, 0.3) is 0 Å². The number of nitrogens with one attached hydrogen (secondary N) is 1. The molecular formula is C20H37IN6. The number of halogens is 1. The molecule has 0 aromatic carbocycles. The van der Waals surface area contributed by atoms with Gasteiger partial charge in [0.2, 0.25) is 0 Å². The summed E-state index contributed by atoms with van der Waals surface area (Å²) in [4.78, 5) is 14.3. The summed E-state index contributed by atoms with van der Waals surface area (Å²) in [5.74, 6) is 2.47. The molecule has 0 spiro atoms. The minimum atomic E-state index is 0. The first kappa shape index (κ1) is 22.5. The number of rotatable bonds is 6. The van der Waals surface area contributed by atoms with Gasteiger partial charge in [0.15, 0.2) is 5.96 Å². The van der Waals surface area contributed by atoms with Crippen molar-refractivity contribution in [2.75, 3.05) is 45.8 Å². The molecule has 0 amide bonds. The smallest absolute Gasteiger partial charge is 0.193 e. The molecule has 0 bridgehead atoms. The lowest BCUT2D eigenvalue weighted by Crippen LogP contribution is -2.49. The number of nitrogens with zero attached hydrogens (tertiary/aromatic N) is 5. The summed E-state index contributed by atoms with van der Waals surface area (Å²) in [6, 6.07) is 0.474. The van der Waals surface area contributed by atoms with Crippen LogP contribution in [0.25, 0.3) is 0 Å². The Morgan fingerprint density at radius 2 is 2.07 bits per heavy atom. The summed E-state index contributed by atoms with van der Waals surface area (Å²) in [5, 5.41) is 3.53. The van der Waals surface area contributed by atoms with E-state index in [0.717, 1.165) is 32.1 Å². The molecule has 27 heavy (non-hydrogen) atoms. The molecule has 1 aromatic rings. The van der Waals surface area contributed by atoms with Crippen molar-refractivity contribution < 1.29 is 0 Å². The van der Waals surface area contributed by atoms with E-state index >= 15 is 0 Å². The quantitative estimate of drug-likeness (QED) is 0.380. The van der Waals surface area contributed by atoms with Crippen LogP contribution < -0.4 is 5.32 Å². The van der Waals surface area contributed by atoms with E-state index in [1.807, 2.05) is 12.5 Å². The molecule has 1 aromatic heterocycles. The molecule has 0 aliphatic carbocycles. The van der Waals surface area contributed by atoms with Crippen LogP contribution in [0.1, 0.15) is 46.1 Å². The van der Waals surface area contributed by atoms with E-state index in [1.165, 1.54) is 38.9 Å². The van der Waals surface area contributed by atoms with Gasteiger partial charge in [0, 0.05) is 45.1 Å². The summed E-state index contributed by atoms with van der Waals surface area (Å²) in [7, 11) is 0. The van der Waals surface area contributed by atoms with Crippen molar-refractivity contribution in [2.24, 2.45) is 16.8 Å². The first-order valence-electron chi connectivity index (χ1n) is 10.4. The zero-order valence-electron chi connectivity index (χ0n) is 17.2. The topological polar surface area (TPSA) is 48.7 Å². The second kappa shape index (κ2) is 11.2. The van der Waals surface area contributed by atoms with Crippen LogP contribution in [0.3, 0.4) is 0 Å².